The van der Waals surface area contributed by atoms with Gasteiger partial charge in [-0.2, -0.15) is 0 Å². The van der Waals surface area contributed by atoms with Crippen molar-refractivity contribution in [2.75, 3.05) is 16.8 Å². The van der Waals surface area contributed by atoms with Crippen molar-refractivity contribution in [3.63, 3.8) is 0 Å². The van der Waals surface area contributed by atoms with Crippen LogP contribution in [0.5, 0.6) is 0 Å². The summed E-state index contributed by atoms with van der Waals surface area (Å²) in [5.74, 6) is 0. The number of aryl methyl sites for hydroxylation is 1. The molecule has 0 saturated heterocycles. The largest absolute Gasteiger partial charge is 0.391 e. The van der Waals surface area contributed by atoms with Gasteiger partial charge in [-0.1, -0.05) is 54.1 Å². The minimum Gasteiger partial charge on any atom is -0.391 e. The van der Waals surface area contributed by atoms with Gasteiger partial charge in [-0.05, 0) is 42.2 Å². The number of thiocarbonyl (C=S) groups is 1. The van der Waals surface area contributed by atoms with Crippen LogP contribution < -0.4 is 10.2 Å². The topological polar surface area (TPSA) is 35.5 Å². The average Bonchev–Trinajstić information content (AvgIpc) is 2.62. The van der Waals surface area contributed by atoms with Crippen LogP contribution in [0.2, 0.25) is 0 Å². The van der Waals surface area contributed by atoms with Crippen molar-refractivity contribution in [3.8, 4) is 0 Å². The second-order valence-electron chi connectivity index (χ2n) is 6.56. The van der Waals surface area contributed by atoms with Crippen molar-refractivity contribution in [2.24, 2.45) is 0 Å². The molecular weight excluding hydrogens is 328 g/mol. The van der Waals surface area contributed by atoms with E-state index in [0.717, 1.165) is 16.9 Å². The molecule has 0 radical (unpaired) electrons. The Kier molecular flexibility index (Phi) is 4.15. The van der Waals surface area contributed by atoms with Gasteiger partial charge in [0.25, 0.3) is 0 Å². The number of aliphatic hydroxyl groups excluding tert-OH is 1. The van der Waals surface area contributed by atoms with Gasteiger partial charge >= 0.3 is 0 Å². The lowest BCUT2D eigenvalue weighted by molar-refractivity contribution is 0.180. The molecule has 1 aliphatic heterocycles. The van der Waals surface area contributed by atoms with Crippen LogP contribution in [0.1, 0.15) is 11.1 Å². The maximum atomic E-state index is 10.3. The van der Waals surface area contributed by atoms with Crippen LogP contribution in [0.3, 0.4) is 0 Å². The zero-order chi connectivity index (χ0) is 17.4. The standard InChI is InChI=1S/C21H20N2OS/c1-14-6-10-17(11-7-14)22-21(25)23-13-18(24)12-16-9-8-15-4-2-3-5-19(15)20(16)23/h2-11,18,24H,12-13H2,1H3,(H,22,25)/t18-/m0/s1. The smallest absolute Gasteiger partial charge is 0.178 e. The summed E-state index contributed by atoms with van der Waals surface area (Å²) in [6.45, 7) is 2.56. The van der Waals surface area contributed by atoms with Gasteiger partial charge in [0.2, 0.25) is 0 Å². The third kappa shape index (κ3) is 3.11. The van der Waals surface area contributed by atoms with Gasteiger partial charge in [-0.15, -0.1) is 0 Å². The molecule has 4 rings (SSSR count). The van der Waals surface area contributed by atoms with E-state index in [2.05, 4.69) is 48.6 Å². The number of benzene rings is 3. The normalized spacial score (nSPS) is 16.6. The minimum absolute atomic E-state index is 0.425. The molecule has 1 heterocycles. The van der Waals surface area contributed by atoms with Crippen LogP contribution in [0.4, 0.5) is 11.4 Å². The van der Waals surface area contributed by atoms with Crippen molar-refractivity contribution in [3.05, 3.63) is 71.8 Å². The number of aliphatic hydroxyl groups is 1. The summed E-state index contributed by atoms with van der Waals surface area (Å²) < 4.78 is 0. The first-order valence-electron chi connectivity index (χ1n) is 8.46. The molecular formula is C21H20N2OS. The molecule has 126 valence electrons. The summed E-state index contributed by atoms with van der Waals surface area (Å²) in [6.07, 6.45) is 0.232. The summed E-state index contributed by atoms with van der Waals surface area (Å²) in [5, 5.41) is 16.6. The number of rotatable bonds is 1. The zero-order valence-corrected chi connectivity index (χ0v) is 14.9. The van der Waals surface area contributed by atoms with Gasteiger partial charge in [0, 0.05) is 17.5 Å². The van der Waals surface area contributed by atoms with E-state index in [1.54, 1.807) is 0 Å². The molecule has 0 bridgehead atoms. The Bertz CT molecular complexity index is 936. The van der Waals surface area contributed by atoms with Crippen LogP contribution in [-0.4, -0.2) is 22.9 Å². The van der Waals surface area contributed by atoms with E-state index in [1.807, 2.05) is 29.2 Å². The Morgan fingerprint density at radius 1 is 1.08 bits per heavy atom. The first-order valence-corrected chi connectivity index (χ1v) is 8.86. The summed E-state index contributed by atoms with van der Waals surface area (Å²) in [6, 6.07) is 20.7. The van der Waals surface area contributed by atoms with Crippen molar-refractivity contribution >= 4 is 39.5 Å². The molecule has 0 amide bonds. The van der Waals surface area contributed by atoms with Gasteiger partial charge in [0.05, 0.1) is 18.3 Å². The van der Waals surface area contributed by atoms with E-state index in [9.17, 15) is 5.11 Å². The van der Waals surface area contributed by atoms with Crippen molar-refractivity contribution < 1.29 is 5.11 Å². The lowest BCUT2D eigenvalue weighted by Gasteiger charge is -2.35. The van der Waals surface area contributed by atoms with E-state index >= 15 is 0 Å². The SMILES string of the molecule is Cc1ccc(NC(=S)N2C[C@@H](O)Cc3ccc4ccccc4c32)cc1. The number of fused-ring (bicyclic) bond motifs is 3. The fourth-order valence-corrected chi connectivity index (χ4v) is 3.70. The van der Waals surface area contributed by atoms with Gasteiger partial charge in [0.1, 0.15) is 0 Å². The second kappa shape index (κ2) is 6.47. The summed E-state index contributed by atoms with van der Waals surface area (Å²) in [5.41, 5.74) is 4.40. The molecule has 25 heavy (non-hydrogen) atoms. The molecule has 4 heteroatoms. The summed E-state index contributed by atoms with van der Waals surface area (Å²) >= 11 is 5.68. The molecule has 0 aromatic heterocycles. The van der Waals surface area contributed by atoms with E-state index in [0.29, 0.717) is 18.1 Å². The Balaban J connectivity index is 1.74. The maximum Gasteiger partial charge on any atom is 0.178 e. The van der Waals surface area contributed by atoms with Gasteiger partial charge in [-0.25, -0.2) is 0 Å². The Hall–Kier alpha value is -2.43. The molecule has 3 aromatic rings. The fraction of sp³-hybridized carbons (Fsp3) is 0.190. The molecule has 0 aliphatic carbocycles. The second-order valence-corrected chi connectivity index (χ2v) is 6.95. The number of β-amino-alcohol motifs (C(OH)–C–C–N with tert-alkyl or cyclic N) is 1. The van der Waals surface area contributed by atoms with Crippen LogP contribution >= 0.6 is 12.2 Å². The van der Waals surface area contributed by atoms with E-state index in [-0.39, 0.29) is 0 Å². The fourth-order valence-electron chi connectivity index (χ4n) is 3.42. The van der Waals surface area contributed by atoms with E-state index in [4.69, 9.17) is 12.2 Å². The Morgan fingerprint density at radius 2 is 1.84 bits per heavy atom. The molecule has 3 aromatic carbocycles. The lowest BCUT2D eigenvalue weighted by atomic mass is 9.95. The van der Waals surface area contributed by atoms with Crippen molar-refractivity contribution in [1.82, 2.24) is 0 Å². The van der Waals surface area contributed by atoms with Crippen LogP contribution in [0, 0.1) is 6.92 Å². The Morgan fingerprint density at radius 3 is 2.64 bits per heavy atom. The molecule has 0 saturated carbocycles. The van der Waals surface area contributed by atoms with Gasteiger partial charge in [0.15, 0.2) is 5.11 Å². The minimum atomic E-state index is -0.425. The highest BCUT2D eigenvalue weighted by molar-refractivity contribution is 7.80. The third-order valence-electron chi connectivity index (χ3n) is 4.65. The molecule has 3 nitrogen and oxygen atoms in total. The van der Waals surface area contributed by atoms with Gasteiger partial charge < -0.3 is 15.3 Å². The van der Waals surface area contributed by atoms with E-state index in [1.165, 1.54) is 16.3 Å². The zero-order valence-electron chi connectivity index (χ0n) is 14.1. The van der Waals surface area contributed by atoms with Crippen LogP contribution in [0.15, 0.2) is 60.7 Å². The highest BCUT2D eigenvalue weighted by Gasteiger charge is 2.27. The maximum absolute atomic E-state index is 10.3. The van der Waals surface area contributed by atoms with Gasteiger partial charge in [-0.3, -0.25) is 0 Å². The van der Waals surface area contributed by atoms with Crippen molar-refractivity contribution in [1.29, 1.82) is 0 Å². The quantitative estimate of drug-likeness (QED) is 0.644. The van der Waals surface area contributed by atoms with Crippen molar-refractivity contribution in [2.45, 2.75) is 19.4 Å². The van der Waals surface area contributed by atoms with Crippen LogP contribution in [-0.2, 0) is 6.42 Å². The molecule has 1 atom stereocenters. The summed E-state index contributed by atoms with van der Waals surface area (Å²) in [7, 11) is 0. The highest BCUT2D eigenvalue weighted by Crippen LogP contribution is 2.35. The van der Waals surface area contributed by atoms with E-state index < -0.39 is 6.10 Å². The molecule has 2 N–H and O–H groups in total. The predicted octanol–water partition coefficient (Wildman–Crippen LogP) is 4.27. The molecule has 0 fully saturated rings. The van der Waals surface area contributed by atoms with Crippen LogP contribution in [0.25, 0.3) is 10.8 Å². The molecule has 0 unspecified atom stereocenters. The predicted molar refractivity (Wildman–Crippen MR) is 108 cm³/mol. The molecule has 0 spiro atoms. The number of nitrogens with one attached hydrogen (secondary N) is 1. The lowest BCUT2D eigenvalue weighted by Crippen LogP contribution is -2.44. The molecule has 1 aliphatic rings. The number of hydrogen-bond donors (Lipinski definition) is 2. The number of hydrogen-bond acceptors (Lipinski definition) is 2. The average molecular weight is 348 g/mol. The first-order chi connectivity index (χ1) is 12.1. The first kappa shape index (κ1) is 16.1. The number of nitrogens with zero attached hydrogens (tertiary/aromatic N) is 1. The third-order valence-corrected chi connectivity index (χ3v) is 4.97. The number of anilines is 2. The monoisotopic (exact) mass is 348 g/mol. The summed E-state index contributed by atoms with van der Waals surface area (Å²) in [4.78, 5) is 2.03. The highest BCUT2D eigenvalue weighted by atomic mass is 32.1. The Labute approximate surface area is 152 Å².